The summed E-state index contributed by atoms with van der Waals surface area (Å²) in [5.74, 6) is 1.22. The van der Waals surface area contributed by atoms with Gasteiger partial charge in [-0.25, -0.2) is 4.68 Å². The lowest BCUT2D eigenvalue weighted by molar-refractivity contribution is -0.384. The number of nitro groups is 1. The number of aromatic nitrogens is 2. The number of hydrogen-bond donors (Lipinski definition) is 1. The van der Waals surface area contributed by atoms with Crippen LogP contribution in [-0.2, 0) is 13.5 Å². The molecule has 1 heterocycles. The summed E-state index contributed by atoms with van der Waals surface area (Å²) in [5.41, 5.74) is 0.649. The van der Waals surface area contributed by atoms with Crippen LogP contribution in [0, 0.1) is 16.0 Å². The number of anilines is 1. The smallest absolute Gasteiger partial charge is 0.333 e. The van der Waals surface area contributed by atoms with E-state index in [1.807, 2.05) is 6.92 Å². The van der Waals surface area contributed by atoms with Gasteiger partial charge in [0.1, 0.15) is 5.69 Å². The molecule has 0 bridgehead atoms. The molecule has 0 spiro atoms. The lowest BCUT2D eigenvalue weighted by Crippen LogP contribution is -2.36. The number of likely N-dealkylation sites (N-methyl/N-ethyl adjacent to an activating group) is 1. The fourth-order valence-electron chi connectivity index (χ4n) is 2.65. The highest BCUT2D eigenvalue weighted by Gasteiger charge is 2.33. The summed E-state index contributed by atoms with van der Waals surface area (Å²) < 4.78 is 1.58. The Morgan fingerprint density at radius 1 is 1.55 bits per heavy atom. The third kappa shape index (κ3) is 2.92. The van der Waals surface area contributed by atoms with E-state index in [4.69, 9.17) is 0 Å². The molecule has 7 nitrogen and oxygen atoms in total. The molecular formula is C13H23N5O2. The average molecular weight is 281 g/mol. The summed E-state index contributed by atoms with van der Waals surface area (Å²) in [6.07, 6.45) is 3.06. The molecule has 0 aromatic carbocycles. The van der Waals surface area contributed by atoms with Gasteiger partial charge in [-0.05, 0) is 39.3 Å². The first-order valence-electron chi connectivity index (χ1n) is 7.06. The van der Waals surface area contributed by atoms with Gasteiger partial charge in [-0.15, -0.1) is 0 Å². The molecule has 0 aliphatic heterocycles. The monoisotopic (exact) mass is 281 g/mol. The lowest BCUT2D eigenvalue weighted by Gasteiger charge is -2.24. The Balaban J connectivity index is 2.16. The van der Waals surface area contributed by atoms with Crippen LogP contribution < -0.4 is 5.32 Å². The summed E-state index contributed by atoms with van der Waals surface area (Å²) in [6, 6.07) is 0.412. The highest BCUT2D eigenvalue weighted by Crippen LogP contribution is 2.35. The standard InChI is InChI=1S/C13H23N5O2/c1-5-10-12(18(19)20)13(17(4)15-10)14-8-11(16(2)3)9-6-7-9/h9,11,14H,5-8H2,1-4H3. The molecule has 112 valence electrons. The van der Waals surface area contributed by atoms with Crippen molar-refractivity contribution in [2.24, 2.45) is 13.0 Å². The zero-order chi connectivity index (χ0) is 14.9. The highest BCUT2D eigenvalue weighted by atomic mass is 16.6. The minimum absolute atomic E-state index is 0.114. The van der Waals surface area contributed by atoms with Crippen LogP contribution in [0.3, 0.4) is 0 Å². The summed E-state index contributed by atoms with van der Waals surface area (Å²) in [7, 11) is 5.86. The second kappa shape index (κ2) is 5.78. The van der Waals surface area contributed by atoms with Gasteiger partial charge in [-0.1, -0.05) is 6.92 Å². The van der Waals surface area contributed by atoms with Crippen molar-refractivity contribution in [1.82, 2.24) is 14.7 Å². The molecule has 0 saturated heterocycles. The van der Waals surface area contributed by atoms with E-state index in [-0.39, 0.29) is 10.6 Å². The van der Waals surface area contributed by atoms with Crippen LogP contribution in [0.15, 0.2) is 0 Å². The van der Waals surface area contributed by atoms with Crippen LogP contribution in [0.1, 0.15) is 25.5 Å². The fraction of sp³-hybridized carbons (Fsp3) is 0.769. The van der Waals surface area contributed by atoms with E-state index in [2.05, 4.69) is 29.4 Å². The lowest BCUT2D eigenvalue weighted by atomic mass is 10.1. The van der Waals surface area contributed by atoms with Crippen LogP contribution in [-0.4, -0.2) is 46.3 Å². The van der Waals surface area contributed by atoms with Crippen LogP contribution in [0.2, 0.25) is 0 Å². The molecule has 1 unspecified atom stereocenters. The maximum Gasteiger partial charge on any atom is 0.333 e. The molecule has 1 saturated carbocycles. The largest absolute Gasteiger partial charge is 0.363 e. The number of aryl methyl sites for hydroxylation is 2. The molecule has 1 aliphatic carbocycles. The van der Waals surface area contributed by atoms with Gasteiger partial charge in [0.2, 0.25) is 5.82 Å². The zero-order valence-corrected chi connectivity index (χ0v) is 12.6. The normalized spacial score (nSPS) is 16.4. The third-order valence-corrected chi connectivity index (χ3v) is 3.92. The molecule has 1 aromatic rings. The molecule has 20 heavy (non-hydrogen) atoms. The van der Waals surface area contributed by atoms with Crippen LogP contribution in [0.4, 0.5) is 11.5 Å². The van der Waals surface area contributed by atoms with Crippen LogP contribution >= 0.6 is 0 Å². The Morgan fingerprint density at radius 3 is 2.65 bits per heavy atom. The van der Waals surface area contributed by atoms with Crippen molar-refractivity contribution in [2.45, 2.75) is 32.2 Å². The summed E-state index contributed by atoms with van der Waals surface area (Å²) >= 11 is 0. The molecular weight excluding hydrogens is 258 g/mol. The molecule has 1 aliphatic rings. The Morgan fingerprint density at radius 2 is 2.20 bits per heavy atom. The predicted molar refractivity (Wildman–Crippen MR) is 77.9 cm³/mol. The average Bonchev–Trinajstić information content (AvgIpc) is 3.14. The van der Waals surface area contributed by atoms with Gasteiger partial charge in [0.05, 0.1) is 4.92 Å². The van der Waals surface area contributed by atoms with Gasteiger partial charge >= 0.3 is 5.69 Å². The first-order valence-corrected chi connectivity index (χ1v) is 7.06. The second-order valence-electron chi connectivity index (χ2n) is 5.63. The first-order chi connectivity index (χ1) is 9.45. The molecule has 1 N–H and O–H groups in total. The van der Waals surface area contributed by atoms with Gasteiger partial charge < -0.3 is 10.2 Å². The number of rotatable bonds is 7. The minimum atomic E-state index is -0.337. The van der Waals surface area contributed by atoms with E-state index in [0.29, 0.717) is 36.4 Å². The third-order valence-electron chi connectivity index (χ3n) is 3.92. The quantitative estimate of drug-likeness (QED) is 0.607. The van der Waals surface area contributed by atoms with E-state index >= 15 is 0 Å². The van der Waals surface area contributed by atoms with Crippen molar-refractivity contribution >= 4 is 11.5 Å². The van der Waals surface area contributed by atoms with Crippen molar-refractivity contribution in [3.63, 3.8) is 0 Å². The SMILES string of the molecule is CCc1nn(C)c(NCC(C2CC2)N(C)C)c1[N+](=O)[O-]. The zero-order valence-electron chi connectivity index (χ0n) is 12.6. The molecule has 0 amide bonds. The number of nitrogens with zero attached hydrogens (tertiary/aromatic N) is 4. The topological polar surface area (TPSA) is 76.2 Å². The van der Waals surface area contributed by atoms with E-state index in [0.717, 1.165) is 0 Å². The first kappa shape index (κ1) is 14.8. The maximum absolute atomic E-state index is 11.2. The van der Waals surface area contributed by atoms with Gasteiger partial charge in [-0.2, -0.15) is 5.10 Å². The van der Waals surface area contributed by atoms with Gasteiger partial charge in [-0.3, -0.25) is 10.1 Å². The maximum atomic E-state index is 11.2. The highest BCUT2D eigenvalue weighted by molar-refractivity contribution is 5.59. The fourth-order valence-corrected chi connectivity index (χ4v) is 2.65. The van der Waals surface area contributed by atoms with Crippen molar-refractivity contribution in [3.8, 4) is 0 Å². The molecule has 1 aromatic heterocycles. The van der Waals surface area contributed by atoms with E-state index in [9.17, 15) is 10.1 Å². The molecule has 1 atom stereocenters. The molecule has 0 radical (unpaired) electrons. The van der Waals surface area contributed by atoms with Crippen molar-refractivity contribution < 1.29 is 4.92 Å². The van der Waals surface area contributed by atoms with Crippen molar-refractivity contribution in [2.75, 3.05) is 26.0 Å². The van der Waals surface area contributed by atoms with E-state index in [1.54, 1.807) is 11.7 Å². The van der Waals surface area contributed by atoms with Crippen molar-refractivity contribution in [3.05, 3.63) is 15.8 Å². The Hall–Kier alpha value is -1.63. The van der Waals surface area contributed by atoms with Crippen LogP contribution in [0.25, 0.3) is 0 Å². The Bertz CT molecular complexity index is 491. The van der Waals surface area contributed by atoms with E-state index in [1.165, 1.54) is 12.8 Å². The molecule has 7 heteroatoms. The minimum Gasteiger partial charge on any atom is -0.363 e. The van der Waals surface area contributed by atoms with Gasteiger partial charge in [0.15, 0.2) is 0 Å². The van der Waals surface area contributed by atoms with Gasteiger partial charge in [0.25, 0.3) is 0 Å². The van der Waals surface area contributed by atoms with E-state index < -0.39 is 0 Å². The second-order valence-corrected chi connectivity index (χ2v) is 5.63. The van der Waals surface area contributed by atoms with Crippen molar-refractivity contribution in [1.29, 1.82) is 0 Å². The Kier molecular flexibility index (Phi) is 4.27. The van der Waals surface area contributed by atoms with Gasteiger partial charge in [0, 0.05) is 19.6 Å². The summed E-state index contributed by atoms with van der Waals surface area (Å²) in [4.78, 5) is 13.1. The molecule has 2 rings (SSSR count). The number of nitrogens with one attached hydrogen (secondary N) is 1. The Labute approximate surface area is 119 Å². The van der Waals surface area contributed by atoms with Crippen LogP contribution in [0.5, 0.6) is 0 Å². The summed E-state index contributed by atoms with van der Waals surface area (Å²) in [5, 5.41) is 18.7. The molecule has 1 fully saturated rings. The number of hydrogen-bond acceptors (Lipinski definition) is 5. The predicted octanol–water partition coefficient (Wildman–Crippen LogP) is 1.64. The summed E-state index contributed by atoms with van der Waals surface area (Å²) in [6.45, 7) is 2.59.